The summed E-state index contributed by atoms with van der Waals surface area (Å²) in [5, 5.41) is 4.47. The Morgan fingerprint density at radius 3 is 2.91 bits per heavy atom. The maximum atomic E-state index is 4.47. The summed E-state index contributed by atoms with van der Waals surface area (Å²) in [5.74, 6) is 0.780. The van der Waals surface area contributed by atoms with Crippen molar-refractivity contribution in [2.45, 2.75) is 38.6 Å². The lowest BCUT2D eigenvalue weighted by Crippen LogP contribution is -2.10. The topological polar surface area (TPSA) is 17.8 Å². The highest BCUT2D eigenvalue weighted by Gasteiger charge is 2.21. The smallest absolute Gasteiger partial charge is 0.0655 e. The minimum atomic E-state index is 0.780. The van der Waals surface area contributed by atoms with Crippen molar-refractivity contribution in [3.63, 3.8) is 0 Å². The summed E-state index contributed by atoms with van der Waals surface area (Å²) in [7, 11) is 0. The van der Waals surface area contributed by atoms with E-state index in [2.05, 4.69) is 24.3 Å². The van der Waals surface area contributed by atoms with Gasteiger partial charge in [0.05, 0.1) is 5.69 Å². The molecule has 0 spiro atoms. The minimum absolute atomic E-state index is 0.780. The summed E-state index contributed by atoms with van der Waals surface area (Å²) >= 11 is 0. The van der Waals surface area contributed by atoms with Crippen LogP contribution in [0.2, 0.25) is 0 Å². The van der Waals surface area contributed by atoms with E-state index < -0.39 is 0 Å². The Kier molecular flexibility index (Phi) is 1.68. The van der Waals surface area contributed by atoms with Crippen molar-refractivity contribution in [1.82, 2.24) is 9.78 Å². The largest absolute Gasteiger partial charge is 0.273 e. The molecule has 1 fully saturated rings. The molecule has 1 aromatic rings. The number of hydrogen-bond acceptors (Lipinski definition) is 1. The van der Waals surface area contributed by atoms with Crippen molar-refractivity contribution >= 4 is 0 Å². The van der Waals surface area contributed by atoms with Gasteiger partial charge in [-0.2, -0.15) is 5.10 Å². The van der Waals surface area contributed by atoms with Gasteiger partial charge in [0.15, 0.2) is 0 Å². The van der Waals surface area contributed by atoms with Crippen LogP contribution in [-0.4, -0.2) is 9.78 Å². The molecule has 60 valence electrons. The molecule has 1 aliphatic rings. The van der Waals surface area contributed by atoms with E-state index in [1.165, 1.54) is 25.0 Å². The molecule has 0 unspecified atom stereocenters. The summed E-state index contributed by atoms with van der Waals surface area (Å²) in [5.41, 5.74) is 1.30. The average Bonchev–Trinajstić information content (AvgIpc) is 2.32. The first-order chi connectivity index (χ1) is 5.40. The molecule has 0 atom stereocenters. The molecule has 1 heterocycles. The predicted octanol–water partition coefficient (Wildman–Crippen LogP) is 2.17. The Hall–Kier alpha value is -0.790. The molecule has 11 heavy (non-hydrogen) atoms. The van der Waals surface area contributed by atoms with Gasteiger partial charge in [0, 0.05) is 18.7 Å². The second kappa shape index (κ2) is 2.68. The van der Waals surface area contributed by atoms with E-state index in [1.807, 2.05) is 4.68 Å². The predicted molar refractivity (Wildman–Crippen MR) is 44.5 cm³/mol. The third-order valence-corrected chi connectivity index (χ3v) is 2.51. The Morgan fingerprint density at radius 2 is 2.45 bits per heavy atom. The quantitative estimate of drug-likeness (QED) is 0.631. The zero-order valence-electron chi connectivity index (χ0n) is 6.95. The van der Waals surface area contributed by atoms with E-state index in [9.17, 15) is 0 Å². The molecule has 0 N–H and O–H groups in total. The summed E-state index contributed by atoms with van der Waals surface area (Å²) in [4.78, 5) is 0. The zero-order chi connectivity index (χ0) is 7.68. The third-order valence-electron chi connectivity index (χ3n) is 2.51. The van der Waals surface area contributed by atoms with E-state index in [-0.39, 0.29) is 0 Å². The SMILES string of the molecule is CCn1ccc(C2CCC2)n1. The fourth-order valence-electron chi connectivity index (χ4n) is 1.48. The highest BCUT2D eigenvalue weighted by molar-refractivity contribution is 5.09. The van der Waals surface area contributed by atoms with E-state index in [4.69, 9.17) is 0 Å². The van der Waals surface area contributed by atoms with Gasteiger partial charge >= 0.3 is 0 Å². The van der Waals surface area contributed by atoms with Crippen molar-refractivity contribution in [1.29, 1.82) is 0 Å². The van der Waals surface area contributed by atoms with Gasteiger partial charge in [-0.25, -0.2) is 0 Å². The first kappa shape index (κ1) is 6.89. The van der Waals surface area contributed by atoms with Crippen LogP contribution in [0.1, 0.15) is 37.8 Å². The van der Waals surface area contributed by atoms with Crippen LogP contribution in [0.15, 0.2) is 12.3 Å². The lowest BCUT2D eigenvalue weighted by Gasteiger charge is -2.22. The summed E-state index contributed by atoms with van der Waals surface area (Å²) in [6, 6.07) is 2.16. The summed E-state index contributed by atoms with van der Waals surface area (Å²) < 4.78 is 2.01. The van der Waals surface area contributed by atoms with Crippen molar-refractivity contribution in [3.05, 3.63) is 18.0 Å². The van der Waals surface area contributed by atoms with Crippen molar-refractivity contribution in [2.75, 3.05) is 0 Å². The second-order valence-electron chi connectivity index (χ2n) is 3.22. The van der Waals surface area contributed by atoms with Gasteiger partial charge in [0.2, 0.25) is 0 Å². The molecular weight excluding hydrogens is 136 g/mol. The first-order valence-corrected chi connectivity index (χ1v) is 4.43. The van der Waals surface area contributed by atoms with Gasteiger partial charge in [-0.05, 0) is 25.8 Å². The molecular formula is C9H14N2. The van der Waals surface area contributed by atoms with Gasteiger partial charge in [-0.3, -0.25) is 4.68 Å². The standard InChI is InChI=1S/C9H14N2/c1-2-11-7-6-9(10-11)8-4-3-5-8/h6-8H,2-5H2,1H3. The molecule has 2 heteroatoms. The maximum Gasteiger partial charge on any atom is 0.0655 e. The molecule has 0 bridgehead atoms. The van der Waals surface area contributed by atoms with Crippen LogP contribution in [0.5, 0.6) is 0 Å². The van der Waals surface area contributed by atoms with Crippen molar-refractivity contribution < 1.29 is 0 Å². The van der Waals surface area contributed by atoms with Crippen molar-refractivity contribution in [3.8, 4) is 0 Å². The van der Waals surface area contributed by atoms with Crippen LogP contribution in [-0.2, 0) is 6.54 Å². The van der Waals surface area contributed by atoms with Crippen LogP contribution in [0, 0.1) is 0 Å². The molecule has 1 saturated carbocycles. The Balaban J connectivity index is 2.11. The normalized spacial score (nSPS) is 18.3. The second-order valence-corrected chi connectivity index (χ2v) is 3.22. The van der Waals surface area contributed by atoms with Crippen LogP contribution < -0.4 is 0 Å². The number of aryl methyl sites for hydroxylation is 1. The van der Waals surface area contributed by atoms with Gasteiger partial charge < -0.3 is 0 Å². The molecule has 0 saturated heterocycles. The highest BCUT2D eigenvalue weighted by Crippen LogP contribution is 2.34. The average molecular weight is 150 g/mol. The maximum absolute atomic E-state index is 4.47. The van der Waals surface area contributed by atoms with E-state index in [1.54, 1.807) is 0 Å². The van der Waals surface area contributed by atoms with Crippen LogP contribution in [0.25, 0.3) is 0 Å². The third kappa shape index (κ3) is 1.17. The fraction of sp³-hybridized carbons (Fsp3) is 0.667. The van der Waals surface area contributed by atoms with E-state index in [0.29, 0.717) is 0 Å². The molecule has 1 aliphatic carbocycles. The summed E-state index contributed by atoms with van der Waals surface area (Å²) in [6.07, 6.45) is 6.17. The van der Waals surface area contributed by atoms with E-state index >= 15 is 0 Å². The number of hydrogen-bond donors (Lipinski definition) is 0. The number of rotatable bonds is 2. The zero-order valence-corrected chi connectivity index (χ0v) is 6.95. The van der Waals surface area contributed by atoms with Crippen LogP contribution >= 0.6 is 0 Å². The van der Waals surface area contributed by atoms with Gasteiger partial charge in [0.25, 0.3) is 0 Å². The number of aromatic nitrogens is 2. The molecule has 0 amide bonds. The molecule has 0 aliphatic heterocycles. The van der Waals surface area contributed by atoms with Gasteiger partial charge in [-0.1, -0.05) is 6.42 Å². The number of nitrogens with zero attached hydrogens (tertiary/aromatic N) is 2. The molecule has 2 rings (SSSR count). The van der Waals surface area contributed by atoms with Crippen LogP contribution in [0.3, 0.4) is 0 Å². The van der Waals surface area contributed by atoms with Crippen LogP contribution in [0.4, 0.5) is 0 Å². The lowest BCUT2D eigenvalue weighted by molar-refractivity contribution is 0.406. The minimum Gasteiger partial charge on any atom is -0.273 e. The van der Waals surface area contributed by atoms with Crippen molar-refractivity contribution in [2.24, 2.45) is 0 Å². The molecule has 0 radical (unpaired) electrons. The molecule has 1 aromatic heterocycles. The first-order valence-electron chi connectivity index (χ1n) is 4.43. The monoisotopic (exact) mass is 150 g/mol. The fourth-order valence-corrected chi connectivity index (χ4v) is 1.48. The Bertz CT molecular complexity index is 235. The Labute approximate surface area is 67.2 Å². The Morgan fingerprint density at radius 1 is 1.64 bits per heavy atom. The van der Waals surface area contributed by atoms with Gasteiger partial charge in [-0.15, -0.1) is 0 Å². The van der Waals surface area contributed by atoms with E-state index in [0.717, 1.165) is 12.5 Å². The lowest BCUT2D eigenvalue weighted by atomic mass is 9.83. The summed E-state index contributed by atoms with van der Waals surface area (Å²) in [6.45, 7) is 3.12. The molecule has 0 aromatic carbocycles. The molecule has 2 nitrogen and oxygen atoms in total. The van der Waals surface area contributed by atoms with Gasteiger partial charge in [0.1, 0.15) is 0 Å². The highest BCUT2D eigenvalue weighted by atomic mass is 15.3.